The van der Waals surface area contributed by atoms with E-state index in [0.29, 0.717) is 26.2 Å². The van der Waals surface area contributed by atoms with Crippen LogP contribution in [0.5, 0.6) is 0 Å². The molecule has 0 saturated carbocycles. The van der Waals surface area contributed by atoms with Crippen molar-refractivity contribution >= 4 is 6.03 Å². The van der Waals surface area contributed by atoms with E-state index in [1.54, 1.807) is 0 Å². The second-order valence-corrected chi connectivity index (χ2v) is 6.49. The van der Waals surface area contributed by atoms with E-state index in [-0.39, 0.29) is 12.1 Å². The molecule has 0 unspecified atom stereocenters. The molecule has 132 valence electrons. The van der Waals surface area contributed by atoms with E-state index in [1.165, 1.54) is 5.56 Å². The van der Waals surface area contributed by atoms with Gasteiger partial charge >= 0.3 is 6.03 Å². The third-order valence-corrected chi connectivity index (χ3v) is 4.47. The smallest absolute Gasteiger partial charge is 0.317 e. The number of nitrogens with one attached hydrogen (secondary N) is 1. The molecule has 0 radical (unpaired) electrons. The van der Waals surface area contributed by atoms with Crippen LogP contribution in [-0.2, 0) is 22.6 Å². The largest absolute Gasteiger partial charge is 0.379 e. The predicted octanol–water partition coefficient (Wildman–Crippen LogP) is 1.45. The summed E-state index contributed by atoms with van der Waals surface area (Å²) in [5.41, 5.74) is 2.42. The zero-order valence-corrected chi connectivity index (χ0v) is 14.4. The summed E-state index contributed by atoms with van der Waals surface area (Å²) in [4.78, 5) is 16.5. The van der Waals surface area contributed by atoms with Gasteiger partial charge in [0.05, 0.1) is 25.9 Å². The minimum Gasteiger partial charge on any atom is -0.379 e. The fraction of sp³-hybridized carbons (Fsp3) is 0.611. The second-order valence-electron chi connectivity index (χ2n) is 6.49. The molecule has 0 spiro atoms. The topological polar surface area (TPSA) is 54.0 Å². The molecule has 0 aliphatic carbocycles. The van der Waals surface area contributed by atoms with Gasteiger partial charge in [0.2, 0.25) is 0 Å². The zero-order chi connectivity index (χ0) is 16.8. The van der Waals surface area contributed by atoms with Crippen molar-refractivity contribution in [3.05, 3.63) is 35.4 Å². The van der Waals surface area contributed by atoms with Crippen molar-refractivity contribution in [1.82, 2.24) is 15.1 Å². The van der Waals surface area contributed by atoms with Crippen molar-refractivity contribution in [3.8, 4) is 0 Å². The summed E-state index contributed by atoms with van der Waals surface area (Å²) in [6, 6.07) is 8.44. The molecule has 0 aromatic heterocycles. The summed E-state index contributed by atoms with van der Waals surface area (Å²) in [5, 5.41) is 3.02. The van der Waals surface area contributed by atoms with Crippen LogP contribution in [-0.4, -0.2) is 67.9 Å². The van der Waals surface area contributed by atoms with Crippen LogP contribution >= 0.6 is 0 Å². The minimum absolute atomic E-state index is 0.0104. The van der Waals surface area contributed by atoms with Crippen LogP contribution in [0.4, 0.5) is 4.79 Å². The van der Waals surface area contributed by atoms with Crippen molar-refractivity contribution < 1.29 is 14.3 Å². The molecule has 2 amide bonds. The van der Waals surface area contributed by atoms with Gasteiger partial charge in [-0.15, -0.1) is 0 Å². The Morgan fingerprint density at radius 2 is 2.00 bits per heavy atom. The lowest BCUT2D eigenvalue weighted by Gasteiger charge is -2.31. The Balaban J connectivity index is 1.49. The summed E-state index contributed by atoms with van der Waals surface area (Å²) in [6.07, 6.45) is 0.112. The van der Waals surface area contributed by atoms with E-state index in [1.807, 2.05) is 11.8 Å². The van der Waals surface area contributed by atoms with Gasteiger partial charge in [-0.05, 0) is 18.1 Å². The number of morpholine rings is 2. The van der Waals surface area contributed by atoms with Crippen molar-refractivity contribution in [3.63, 3.8) is 0 Å². The summed E-state index contributed by atoms with van der Waals surface area (Å²) in [5.74, 6) is 0. The minimum atomic E-state index is -0.0104. The van der Waals surface area contributed by atoms with E-state index < -0.39 is 0 Å². The summed E-state index contributed by atoms with van der Waals surface area (Å²) < 4.78 is 10.9. The lowest BCUT2D eigenvalue weighted by Crippen LogP contribution is -2.48. The number of amides is 2. The van der Waals surface area contributed by atoms with E-state index in [0.717, 1.165) is 38.4 Å². The maximum atomic E-state index is 12.3. The molecule has 0 bridgehead atoms. The summed E-state index contributed by atoms with van der Waals surface area (Å²) in [7, 11) is 0. The fourth-order valence-corrected chi connectivity index (χ4v) is 3.15. The van der Waals surface area contributed by atoms with Crippen molar-refractivity contribution in [1.29, 1.82) is 0 Å². The number of benzene rings is 1. The first kappa shape index (κ1) is 17.2. The van der Waals surface area contributed by atoms with Crippen LogP contribution in [0.1, 0.15) is 18.1 Å². The number of urea groups is 1. The molecule has 3 rings (SSSR count). The molecule has 24 heavy (non-hydrogen) atoms. The molecular weight excluding hydrogens is 306 g/mol. The van der Waals surface area contributed by atoms with Gasteiger partial charge in [0, 0.05) is 39.3 Å². The third kappa shape index (κ3) is 4.93. The zero-order valence-electron chi connectivity index (χ0n) is 14.4. The molecule has 1 N–H and O–H groups in total. The third-order valence-electron chi connectivity index (χ3n) is 4.47. The maximum absolute atomic E-state index is 12.3. The Kier molecular flexibility index (Phi) is 6.07. The van der Waals surface area contributed by atoms with Gasteiger partial charge in [0.1, 0.15) is 0 Å². The lowest BCUT2D eigenvalue weighted by atomic mass is 10.1. The molecular formula is C18H27N3O3. The Bertz CT molecular complexity index is 546. The first-order valence-electron chi connectivity index (χ1n) is 8.73. The van der Waals surface area contributed by atoms with Crippen LogP contribution in [0.15, 0.2) is 24.3 Å². The molecule has 2 aliphatic rings. The van der Waals surface area contributed by atoms with Crippen LogP contribution in [0.2, 0.25) is 0 Å². The number of carbonyl (C=O) groups is 1. The molecule has 1 aromatic rings. The standard InChI is InChI=1S/C18H27N3O3/c1-15-13-21(7-10-24-15)18(22)19-12-16-3-2-4-17(11-16)14-20-5-8-23-9-6-20/h2-4,11,15H,5-10,12-14H2,1H3,(H,19,22)/t15-/m1/s1. The van der Waals surface area contributed by atoms with Gasteiger partial charge in [-0.1, -0.05) is 24.3 Å². The van der Waals surface area contributed by atoms with E-state index in [2.05, 4.69) is 34.5 Å². The van der Waals surface area contributed by atoms with Gasteiger partial charge in [0.15, 0.2) is 0 Å². The molecule has 1 aromatic carbocycles. The van der Waals surface area contributed by atoms with Crippen LogP contribution in [0.3, 0.4) is 0 Å². The van der Waals surface area contributed by atoms with Gasteiger partial charge < -0.3 is 19.7 Å². The van der Waals surface area contributed by atoms with E-state index in [4.69, 9.17) is 9.47 Å². The normalized spacial score (nSPS) is 22.4. The van der Waals surface area contributed by atoms with Crippen molar-refractivity contribution in [2.45, 2.75) is 26.1 Å². The Labute approximate surface area is 143 Å². The molecule has 2 fully saturated rings. The van der Waals surface area contributed by atoms with Crippen molar-refractivity contribution in [2.24, 2.45) is 0 Å². The average molecular weight is 333 g/mol. The number of rotatable bonds is 4. The first-order valence-corrected chi connectivity index (χ1v) is 8.73. The Hall–Kier alpha value is -1.63. The summed E-state index contributed by atoms with van der Waals surface area (Å²) >= 11 is 0. The molecule has 1 atom stereocenters. The number of hydrogen-bond donors (Lipinski definition) is 1. The van der Waals surface area contributed by atoms with Crippen molar-refractivity contribution in [2.75, 3.05) is 46.0 Å². The highest BCUT2D eigenvalue weighted by atomic mass is 16.5. The number of nitrogens with zero attached hydrogens (tertiary/aromatic N) is 2. The number of hydrogen-bond acceptors (Lipinski definition) is 4. The molecule has 6 heteroatoms. The van der Waals surface area contributed by atoms with Crippen LogP contribution in [0.25, 0.3) is 0 Å². The van der Waals surface area contributed by atoms with E-state index in [9.17, 15) is 4.79 Å². The molecule has 2 saturated heterocycles. The molecule has 2 heterocycles. The highest BCUT2D eigenvalue weighted by Gasteiger charge is 2.20. The van der Waals surface area contributed by atoms with Gasteiger partial charge in [0.25, 0.3) is 0 Å². The second kappa shape index (κ2) is 8.46. The highest BCUT2D eigenvalue weighted by Crippen LogP contribution is 2.10. The van der Waals surface area contributed by atoms with Crippen LogP contribution in [0, 0.1) is 0 Å². The van der Waals surface area contributed by atoms with E-state index >= 15 is 0 Å². The highest BCUT2D eigenvalue weighted by molar-refractivity contribution is 5.74. The van der Waals surface area contributed by atoms with Gasteiger partial charge in [-0.25, -0.2) is 4.79 Å². The monoisotopic (exact) mass is 333 g/mol. The lowest BCUT2D eigenvalue weighted by molar-refractivity contribution is -0.00351. The van der Waals surface area contributed by atoms with Gasteiger partial charge in [-0.2, -0.15) is 0 Å². The SMILES string of the molecule is C[C@@H]1CN(C(=O)NCc2cccc(CN3CCOCC3)c2)CCO1. The number of ether oxygens (including phenoxy) is 2. The first-order chi connectivity index (χ1) is 11.7. The quantitative estimate of drug-likeness (QED) is 0.906. The summed E-state index contributed by atoms with van der Waals surface area (Å²) in [6.45, 7) is 9.01. The Morgan fingerprint density at radius 3 is 2.79 bits per heavy atom. The molecule has 6 nitrogen and oxygen atoms in total. The maximum Gasteiger partial charge on any atom is 0.317 e. The average Bonchev–Trinajstić information content (AvgIpc) is 2.61. The number of carbonyl (C=O) groups excluding carboxylic acids is 1. The molecule has 2 aliphatic heterocycles. The Morgan fingerprint density at radius 1 is 1.21 bits per heavy atom. The predicted molar refractivity (Wildman–Crippen MR) is 91.8 cm³/mol. The van der Waals surface area contributed by atoms with Gasteiger partial charge in [-0.3, -0.25) is 4.90 Å². The van der Waals surface area contributed by atoms with Crippen LogP contribution < -0.4 is 5.32 Å². The fourth-order valence-electron chi connectivity index (χ4n) is 3.15.